The summed E-state index contributed by atoms with van der Waals surface area (Å²) in [4.78, 5) is 35.5. The van der Waals surface area contributed by atoms with Crippen LogP contribution in [0.5, 0.6) is 5.75 Å². The number of ketones is 2. The SMILES string of the molecule is O=C(O)c1ccc2c(c1)C(=O)c1cc(O)ccc1C2=O. The van der Waals surface area contributed by atoms with Gasteiger partial charge in [-0.25, -0.2) is 4.79 Å². The number of aromatic carboxylic acids is 1. The molecule has 0 amide bonds. The van der Waals surface area contributed by atoms with Crippen LogP contribution in [0, 0.1) is 0 Å². The molecule has 0 fully saturated rings. The van der Waals surface area contributed by atoms with Gasteiger partial charge < -0.3 is 10.2 Å². The first-order chi connectivity index (χ1) is 9.49. The number of carboxylic acid groups (broad SMARTS) is 1. The summed E-state index contributed by atoms with van der Waals surface area (Å²) in [7, 11) is 0. The van der Waals surface area contributed by atoms with Crippen molar-refractivity contribution in [2.45, 2.75) is 0 Å². The fourth-order valence-corrected chi connectivity index (χ4v) is 2.27. The number of carboxylic acids is 1. The molecule has 1 aliphatic rings. The lowest BCUT2D eigenvalue weighted by Crippen LogP contribution is -2.21. The number of phenolic OH excluding ortho intramolecular Hbond substituents is 1. The van der Waals surface area contributed by atoms with Crippen LogP contribution in [0.4, 0.5) is 0 Å². The summed E-state index contributed by atoms with van der Waals surface area (Å²) in [6, 6.07) is 7.75. The summed E-state index contributed by atoms with van der Waals surface area (Å²) in [5, 5.41) is 18.4. The van der Waals surface area contributed by atoms with E-state index in [9.17, 15) is 19.5 Å². The highest BCUT2D eigenvalue weighted by Crippen LogP contribution is 2.30. The van der Waals surface area contributed by atoms with E-state index >= 15 is 0 Å². The Hall–Kier alpha value is -2.95. The van der Waals surface area contributed by atoms with Gasteiger partial charge in [-0.1, -0.05) is 0 Å². The molecule has 0 aromatic heterocycles. The Kier molecular flexibility index (Phi) is 2.44. The number of hydrogen-bond acceptors (Lipinski definition) is 4. The minimum atomic E-state index is -1.17. The van der Waals surface area contributed by atoms with E-state index in [4.69, 9.17) is 5.11 Å². The number of fused-ring (bicyclic) bond motifs is 2. The maximum atomic E-state index is 12.3. The molecule has 1 aliphatic carbocycles. The molecule has 2 aromatic rings. The smallest absolute Gasteiger partial charge is 0.335 e. The van der Waals surface area contributed by atoms with E-state index in [1.54, 1.807) is 0 Å². The first-order valence-corrected chi connectivity index (χ1v) is 5.79. The zero-order chi connectivity index (χ0) is 14.4. The minimum absolute atomic E-state index is 0.0491. The molecule has 0 saturated heterocycles. The standard InChI is InChI=1S/C15H8O5/c16-8-2-4-10-12(6-8)14(18)11-5-7(15(19)20)1-3-9(11)13(10)17/h1-6,16H,(H,19,20). The van der Waals surface area contributed by atoms with E-state index in [-0.39, 0.29) is 39.4 Å². The normalized spacial score (nSPS) is 12.8. The lowest BCUT2D eigenvalue weighted by atomic mass is 9.83. The van der Waals surface area contributed by atoms with E-state index in [0.717, 1.165) is 0 Å². The summed E-state index contributed by atoms with van der Waals surface area (Å²) >= 11 is 0. The van der Waals surface area contributed by atoms with Crippen molar-refractivity contribution in [3.8, 4) is 5.75 Å². The van der Waals surface area contributed by atoms with Crippen molar-refractivity contribution in [2.75, 3.05) is 0 Å². The third kappa shape index (κ3) is 1.60. The number of hydrogen-bond donors (Lipinski definition) is 2. The summed E-state index contributed by atoms with van der Waals surface area (Å²) in [5.74, 6) is -2.11. The van der Waals surface area contributed by atoms with Gasteiger partial charge in [0.1, 0.15) is 5.75 Å². The van der Waals surface area contributed by atoms with Gasteiger partial charge in [0.25, 0.3) is 0 Å². The van der Waals surface area contributed by atoms with Crippen molar-refractivity contribution in [1.29, 1.82) is 0 Å². The predicted molar refractivity (Wildman–Crippen MR) is 68.4 cm³/mol. The van der Waals surface area contributed by atoms with Crippen molar-refractivity contribution in [1.82, 2.24) is 0 Å². The number of benzene rings is 2. The molecule has 5 heteroatoms. The zero-order valence-electron chi connectivity index (χ0n) is 10.1. The molecule has 0 atom stereocenters. The summed E-state index contributed by atoms with van der Waals surface area (Å²) < 4.78 is 0. The van der Waals surface area contributed by atoms with Gasteiger partial charge in [0.2, 0.25) is 0 Å². The van der Waals surface area contributed by atoms with Gasteiger partial charge in [0.05, 0.1) is 5.56 Å². The molecule has 98 valence electrons. The van der Waals surface area contributed by atoms with Crippen LogP contribution in [0.15, 0.2) is 36.4 Å². The molecule has 3 rings (SSSR count). The number of aromatic hydroxyl groups is 1. The van der Waals surface area contributed by atoms with Crippen LogP contribution in [0.3, 0.4) is 0 Å². The second-order valence-corrected chi connectivity index (χ2v) is 4.45. The summed E-state index contributed by atoms with van der Waals surface area (Å²) in [5.41, 5.74) is 0.466. The van der Waals surface area contributed by atoms with E-state index in [2.05, 4.69) is 0 Å². The molecule has 5 nitrogen and oxygen atoms in total. The van der Waals surface area contributed by atoms with Crippen molar-refractivity contribution in [3.05, 3.63) is 64.2 Å². The highest BCUT2D eigenvalue weighted by molar-refractivity contribution is 6.28. The van der Waals surface area contributed by atoms with Crippen molar-refractivity contribution >= 4 is 17.5 Å². The number of phenols is 1. The monoisotopic (exact) mass is 268 g/mol. The Balaban J connectivity index is 2.27. The molecule has 0 aliphatic heterocycles. The van der Waals surface area contributed by atoms with Gasteiger partial charge in [-0.15, -0.1) is 0 Å². The average Bonchev–Trinajstić information content (AvgIpc) is 2.44. The van der Waals surface area contributed by atoms with E-state index < -0.39 is 11.8 Å². The molecule has 0 bridgehead atoms. The van der Waals surface area contributed by atoms with Crippen LogP contribution < -0.4 is 0 Å². The largest absolute Gasteiger partial charge is 0.508 e. The lowest BCUT2D eigenvalue weighted by molar-refractivity contribution is 0.0696. The van der Waals surface area contributed by atoms with Crippen LogP contribution in [0.2, 0.25) is 0 Å². The molecule has 0 radical (unpaired) electrons. The number of carbonyl (C=O) groups is 3. The van der Waals surface area contributed by atoms with Crippen molar-refractivity contribution < 1.29 is 24.6 Å². The van der Waals surface area contributed by atoms with E-state index in [0.29, 0.717) is 0 Å². The molecule has 0 spiro atoms. The van der Waals surface area contributed by atoms with Crippen molar-refractivity contribution in [3.63, 3.8) is 0 Å². The molecular weight excluding hydrogens is 260 g/mol. The Labute approximate surface area is 113 Å². The molecular formula is C15H8O5. The van der Waals surface area contributed by atoms with Crippen LogP contribution in [-0.2, 0) is 0 Å². The first-order valence-electron chi connectivity index (χ1n) is 5.79. The maximum absolute atomic E-state index is 12.3. The van der Waals surface area contributed by atoms with Crippen LogP contribution in [0.1, 0.15) is 42.2 Å². The Morgan fingerprint density at radius 1 is 0.800 bits per heavy atom. The highest BCUT2D eigenvalue weighted by atomic mass is 16.4. The predicted octanol–water partition coefficient (Wildman–Crippen LogP) is 1.87. The van der Waals surface area contributed by atoms with Gasteiger partial charge >= 0.3 is 5.97 Å². The highest BCUT2D eigenvalue weighted by Gasteiger charge is 2.30. The van der Waals surface area contributed by atoms with Crippen LogP contribution in [0.25, 0.3) is 0 Å². The minimum Gasteiger partial charge on any atom is -0.508 e. The third-order valence-electron chi connectivity index (χ3n) is 3.25. The molecule has 2 aromatic carbocycles. The molecule has 0 heterocycles. The average molecular weight is 268 g/mol. The summed E-state index contributed by atoms with van der Waals surface area (Å²) in [6.07, 6.45) is 0. The second-order valence-electron chi connectivity index (χ2n) is 4.45. The quantitative estimate of drug-likeness (QED) is 0.702. The van der Waals surface area contributed by atoms with E-state index in [1.165, 1.54) is 36.4 Å². The lowest BCUT2D eigenvalue weighted by Gasteiger charge is -2.17. The topological polar surface area (TPSA) is 91.7 Å². The first kappa shape index (κ1) is 12.1. The second kappa shape index (κ2) is 4.03. The Bertz CT molecular complexity index is 789. The summed E-state index contributed by atoms with van der Waals surface area (Å²) in [6.45, 7) is 0. The van der Waals surface area contributed by atoms with Gasteiger partial charge in [0.15, 0.2) is 11.6 Å². The number of carbonyl (C=O) groups excluding carboxylic acids is 2. The zero-order valence-corrected chi connectivity index (χ0v) is 10.1. The molecule has 20 heavy (non-hydrogen) atoms. The third-order valence-corrected chi connectivity index (χ3v) is 3.25. The Morgan fingerprint density at radius 2 is 1.35 bits per heavy atom. The molecule has 0 unspecified atom stereocenters. The maximum Gasteiger partial charge on any atom is 0.335 e. The fourth-order valence-electron chi connectivity index (χ4n) is 2.27. The fraction of sp³-hybridized carbons (Fsp3) is 0. The molecule has 0 saturated carbocycles. The Morgan fingerprint density at radius 3 is 2.00 bits per heavy atom. The molecule has 2 N–H and O–H groups in total. The van der Waals surface area contributed by atoms with E-state index in [1.807, 2.05) is 0 Å². The number of rotatable bonds is 1. The van der Waals surface area contributed by atoms with Gasteiger partial charge in [-0.3, -0.25) is 9.59 Å². The van der Waals surface area contributed by atoms with Crippen molar-refractivity contribution in [2.24, 2.45) is 0 Å². The van der Waals surface area contributed by atoms with Gasteiger partial charge in [-0.05, 0) is 36.4 Å². The van der Waals surface area contributed by atoms with Crippen LogP contribution in [-0.4, -0.2) is 27.7 Å². The van der Waals surface area contributed by atoms with Gasteiger partial charge in [-0.2, -0.15) is 0 Å². The van der Waals surface area contributed by atoms with Gasteiger partial charge in [0, 0.05) is 22.3 Å². The van der Waals surface area contributed by atoms with Crippen LogP contribution >= 0.6 is 0 Å².